The first-order valence-electron chi connectivity index (χ1n) is 7.92. The molecule has 0 saturated heterocycles. The number of hydrogen-bond acceptors (Lipinski definition) is 2. The molecule has 0 radical (unpaired) electrons. The molecule has 3 aromatic heterocycles. The Morgan fingerprint density at radius 3 is 2.00 bits per heavy atom. The first-order valence-corrected chi connectivity index (χ1v) is 7.92. The maximum atomic E-state index is 5.98. The molecule has 0 N–H and O–H groups in total. The molecular weight excluding hydrogens is 296 g/mol. The fraction of sp³-hybridized carbons (Fsp3) is 0.0476. The molecule has 3 heterocycles. The highest BCUT2D eigenvalue weighted by molar-refractivity contribution is 5.63. The Hall–Kier alpha value is -3.20. The van der Waals surface area contributed by atoms with Gasteiger partial charge >= 0.3 is 0 Å². The molecule has 3 heteroatoms. The second-order valence-electron chi connectivity index (χ2n) is 5.64. The van der Waals surface area contributed by atoms with E-state index >= 15 is 0 Å². The minimum absolute atomic E-state index is 0.855. The zero-order valence-electron chi connectivity index (χ0n) is 13.2. The van der Waals surface area contributed by atoms with Crippen molar-refractivity contribution in [2.45, 2.75) is 6.54 Å². The van der Waals surface area contributed by atoms with Gasteiger partial charge in [0.25, 0.3) is 0 Å². The molecule has 0 unspecified atom stereocenters. The van der Waals surface area contributed by atoms with Gasteiger partial charge in [-0.25, -0.2) is 4.57 Å². The number of hydrogen-bond donors (Lipinski definition) is 0. The molecule has 0 spiro atoms. The fourth-order valence-electron chi connectivity index (χ4n) is 2.69. The lowest BCUT2D eigenvalue weighted by atomic mass is 10.2. The minimum Gasteiger partial charge on any atom is -0.456 e. The van der Waals surface area contributed by atoms with Gasteiger partial charge in [-0.2, -0.15) is 0 Å². The Morgan fingerprint density at radius 2 is 1.33 bits per heavy atom. The van der Waals surface area contributed by atoms with Crippen molar-refractivity contribution in [2.75, 3.05) is 0 Å². The smallest absolute Gasteiger partial charge is 0.173 e. The molecule has 0 saturated carbocycles. The molecule has 4 rings (SSSR count). The number of nitrogens with zero attached hydrogens (tertiary/aromatic N) is 2. The molecule has 4 aromatic rings. The van der Waals surface area contributed by atoms with E-state index < -0.39 is 0 Å². The summed E-state index contributed by atoms with van der Waals surface area (Å²) in [4.78, 5) is 4.04. The SMILES string of the molecule is c1ccc(C[n+]2ccc(-c3ccc(-c4ccncc4)o3)cc2)cc1. The zero-order valence-corrected chi connectivity index (χ0v) is 13.2. The average molecular weight is 313 g/mol. The molecule has 116 valence electrons. The maximum Gasteiger partial charge on any atom is 0.173 e. The van der Waals surface area contributed by atoms with Crippen molar-refractivity contribution in [2.24, 2.45) is 0 Å². The van der Waals surface area contributed by atoms with Gasteiger partial charge in [-0.3, -0.25) is 4.98 Å². The lowest BCUT2D eigenvalue weighted by Gasteiger charge is -2.00. The van der Waals surface area contributed by atoms with Gasteiger partial charge in [0.1, 0.15) is 11.5 Å². The Bertz CT molecular complexity index is 913. The van der Waals surface area contributed by atoms with Gasteiger partial charge in [0.15, 0.2) is 18.9 Å². The predicted octanol–water partition coefficient (Wildman–Crippen LogP) is 4.34. The van der Waals surface area contributed by atoms with E-state index in [1.807, 2.05) is 30.3 Å². The molecule has 0 bridgehead atoms. The van der Waals surface area contributed by atoms with Gasteiger partial charge in [0, 0.05) is 41.2 Å². The Labute approximate surface area is 140 Å². The van der Waals surface area contributed by atoms with Gasteiger partial charge in [0.05, 0.1) is 0 Å². The fourth-order valence-corrected chi connectivity index (χ4v) is 2.69. The Morgan fingerprint density at radius 1 is 0.708 bits per heavy atom. The van der Waals surface area contributed by atoms with Crippen LogP contribution in [-0.2, 0) is 6.54 Å². The standard InChI is InChI=1S/C21H17N2O/c1-2-4-17(5-3-1)16-23-14-10-19(11-15-23)21-7-6-20(24-21)18-8-12-22-13-9-18/h1-15H,16H2/q+1. The number of pyridine rings is 2. The summed E-state index contributed by atoms with van der Waals surface area (Å²) in [5.74, 6) is 1.72. The highest BCUT2D eigenvalue weighted by Crippen LogP contribution is 2.27. The normalized spacial score (nSPS) is 10.7. The maximum absolute atomic E-state index is 5.98. The summed E-state index contributed by atoms with van der Waals surface area (Å²) in [6, 6.07) is 22.5. The van der Waals surface area contributed by atoms with Crippen LogP contribution in [0.1, 0.15) is 5.56 Å². The third-order valence-electron chi connectivity index (χ3n) is 3.95. The van der Waals surface area contributed by atoms with Crippen LogP contribution in [0.4, 0.5) is 0 Å². The summed E-state index contributed by atoms with van der Waals surface area (Å²) >= 11 is 0. The number of aromatic nitrogens is 2. The van der Waals surface area contributed by atoms with E-state index in [0.29, 0.717) is 0 Å². The summed E-state index contributed by atoms with van der Waals surface area (Å²) < 4.78 is 8.14. The topological polar surface area (TPSA) is 29.9 Å². The molecule has 0 fully saturated rings. The van der Waals surface area contributed by atoms with Gasteiger partial charge < -0.3 is 4.42 Å². The van der Waals surface area contributed by atoms with E-state index in [-0.39, 0.29) is 0 Å². The van der Waals surface area contributed by atoms with E-state index in [2.05, 4.69) is 58.3 Å². The van der Waals surface area contributed by atoms with Crippen LogP contribution < -0.4 is 4.57 Å². The minimum atomic E-state index is 0.855. The average Bonchev–Trinajstić information content (AvgIpc) is 3.14. The van der Waals surface area contributed by atoms with E-state index in [9.17, 15) is 0 Å². The van der Waals surface area contributed by atoms with E-state index in [1.165, 1.54) is 5.56 Å². The molecular formula is C21H17N2O+. The van der Waals surface area contributed by atoms with Gasteiger partial charge in [-0.1, -0.05) is 30.3 Å². The predicted molar refractivity (Wildman–Crippen MR) is 93.1 cm³/mol. The van der Waals surface area contributed by atoms with Crippen LogP contribution in [0.3, 0.4) is 0 Å². The van der Waals surface area contributed by atoms with Crippen molar-refractivity contribution in [1.82, 2.24) is 4.98 Å². The van der Waals surface area contributed by atoms with Gasteiger partial charge in [0.2, 0.25) is 0 Å². The van der Waals surface area contributed by atoms with Crippen molar-refractivity contribution in [1.29, 1.82) is 0 Å². The van der Waals surface area contributed by atoms with Crippen molar-refractivity contribution >= 4 is 0 Å². The second kappa shape index (κ2) is 6.50. The summed E-state index contributed by atoms with van der Waals surface area (Å²) in [6.45, 7) is 0.863. The molecule has 0 aliphatic carbocycles. The molecule has 0 amide bonds. The highest BCUT2D eigenvalue weighted by Gasteiger charge is 2.09. The molecule has 3 nitrogen and oxygen atoms in total. The van der Waals surface area contributed by atoms with Crippen LogP contribution in [0.25, 0.3) is 22.6 Å². The molecule has 0 aliphatic rings. The first kappa shape index (κ1) is 14.4. The summed E-state index contributed by atoms with van der Waals surface area (Å²) in [5.41, 5.74) is 3.39. The summed E-state index contributed by atoms with van der Waals surface area (Å²) in [5, 5.41) is 0. The van der Waals surface area contributed by atoms with Crippen LogP contribution in [-0.4, -0.2) is 4.98 Å². The van der Waals surface area contributed by atoms with Crippen molar-refractivity contribution in [3.05, 3.63) is 97.1 Å². The first-order chi connectivity index (χ1) is 11.9. The number of furan rings is 1. The number of benzene rings is 1. The lowest BCUT2D eigenvalue weighted by Crippen LogP contribution is -2.32. The second-order valence-corrected chi connectivity index (χ2v) is 5.64. The third-order valence-corrected chi connectivity index (χ3v) is 3.95. The van der Waals surface area contributed by atoms with Crippen LogP contribution in [0.2, 0.25) is 0 Å². The van der Waals surface area contributed by atoms with Crippen molar-refractivity contribution in [3.63, 3.8) is 0 Å². The lowest BCUT2D eigenvalue weighted by molar-refractivity contribution is -0.688. The molecule has 0 aliphatic heterocycles. The summed E-state index contributed by atoms with van der Waals surface area (Å²) in [6.07, 6.45) is 7.70. The monoisotopic (exact) mass is 313 g/mol. The van der Waals surface area contributed by atoms with Gasteiger partial charge in [-0.05, 0) is 24.3 Å². The van der Waals surface area contributed by atoms with Crippen LogP contribution in [0.5, 0.6) is 0 Å². The van der Waals surface area contributed by atoms with E-state index in [0.717, 1.165) is 29.2 Å². The van der Waals surface area contributed by atoms with Crippen molar-refractivity contribution in [3.8, 4) is 22.6 Å². The van der Waals surface area contributed by atoms with Crippen LogP contribution in [0.15, 0.2) is 95.9 Å². The Balaban J connectivity index is 1.54. The highest BCUT2D eigenvalue weighted by atomic mass is 16.3. The zero-order chi connectivity index (χ0) is 16.2. The largest absolute Gasteiger partial charge is 0.456 e. The third kappa shape index (κ3) is 3.10. The van der Waals surface area contributed by atoms with E-state index in [4.69, 9.17) is 4.42 Å². The van der Waals surface area contributed by atoms with Crippen molar-refractivity contribution < 1.29 is 8.98 Å². The van der Waals surface area contributed by atoms with Gasteiger partial charge in [-0.15, -0.1) is 0 Å². The van der Waals surface area contributed by atoms with Crippen LogP contribution >= 0.6 is 0 Å². The van der Waals surface area contributed by atoms with Crippen LogP contribution in [0, 0.1) is 0 Å². The molecule has 1 aromatic carbocycles. The Kier molecular flexibility index (Phi) is 3.90. The quantitative estimate of drug-likeness (QED) is 0.524. The molecule has 0 atom stereocenters. The summed E-state index contributed by atoms with van der Waals surface area (Å²) in [7, 11) is 0. The number of rotatable bonds is 4. The molecule has 24 heavy (non-hydrogen) atoms. The van der Waals surface area contributed by atoms with E-state index in [1.54, 1.807) is 12.4 Å².